The van der Waals surface area contributed by atoms with Crippen molar-refractivity contribution in [3.05, 3.63) is 35.3 Å². The summed E-state index contributed by atoms with van der Waals surface area (Å²) in [6, 6.07) is 5.52. The van der Waals surface area contributed by atoms with Gasteiger partial charge in [-0.15, -0.1) is 0 Å². The number of nitrogens with zero attached hydrogens (tertiary/aromatic N) is 1. The maximum Gasteiger partial charge on any atom is 0.195 e. The Hall–Kier alpha value is -1.05. The van der Waals surface area contributed by atoms with Gasteiger partial charge in [0.05, 0.1) is 0 Å². The van der Waals surface area contributed by atoms with Gasteiger partial charge in [-0.05, 0) is 6.42 Å². The molecule has 0 N–H and O–H groups in total. The highest BCUT2D eigenvalue weighted by Crippen LogP contribution is 2.13. The molecule has 0 amide bonds. The average Bonchev–Trinajstić information content (AvgIpc) is 2.04. The van der Waals surface area contributed by atoms with Crippen LogP contribution in [0.2, 0.25) is 0 Å². The van der Waals surface area contributed by atoms with E-state index in [9.17, 15) is 5.21 Å². The van der Waals surface area contributed by atoms with Crippen LogP contribution in [0.4, 0.5) is 0 Å². The van der Waals surface area contributed by atoms with Gasteiger partial charge in [0.25, 0.3) is 0 Å². The molecule has 0 saturated carbocycles. The van der Waals surface area contributed by atoms with Crippen molar-refractivity contribution in [2.75, 3.05) is 0 Å². The van der Waals surface area contributed by atoms with Gasteiger partial charge in [0.15, 0.2) is 11.9 Å². The lowest BCUT2D eigenvalue weighted by atomic mass is 10.0. The maximum atomic E-state index is 11.1. The van der Waals surface area contributed by atoms with E-state index < -0.39 is 0 Å². The smallest absolute Gasteiger partial charge is 0.195 e. The number of pyridine rings is 1. The van der Waals surface area contributed by atoms with Gasteiger partial charge >= 0.3 is 0 Å². The fourth-order valence-electron chi connectivity index (χ4n) is 1.03. The minimum Gasteiger partial charge on any atom is -0.618 e. The molecule has 0 aliphatic rings. The zero-order valence-electron chi connectivity index (χ0n) is 6.95. The van der Waals surface area contributed by atoms with Crippen molar-refractivity contribution in [2.24, 2.45) is 0 Å². The van der Waals surface area contributed by atoms with Crippen molar-refractivity contribution in [1.82, 2.24) is 0 Å². The van der Waals surface area contributed by atoms with Crippen molar-refractivity contribution < 1.29 is 4.73 Å². The van der Waals surface area contributed by atoms with E-state index in [4.69, 9.17) is 0 Å². The number of aromatic nitrogens is 1. The Morgan fingerprint density at radius 3 is 2.82 bits per heavy atom. The van der Waals surface area contributed by atoms with Crippen molar-refractivity contribution in [1.29, 1.82) is 0 Å². The molecular formula is C9H13NO. The molecule has 0 saturated heterocycles. The Bertz CT molecular complexity index is 235. The van der Waals surface area contributed by atoms with Gasteiger partial charge in [-0.2, -0.15) is 4.73 Å². The minimum absolute atomic E-state index is 0.355. The molecule has 0 fully saturated rings. The minimum atomic E-state index is 0.355. The van der Waals surface area contributed by atoms with E-state index in [-0.39, 0.29) is 0 Å². The molecule has 0 radical (unpaired) electrons. The van der Waals surface area contributed by atoms with Crippen LogP contribution >= 0.6 is 0 Å². The molecule has 0 aliphatic heterocycles. The summed E-state index contributed by atoms with van der Waals surface area (Å²) in [6.45, 7) is 4.14. The van der Waals surface area contributed by atoms with Crippen molar-refractivity contribution in [2.45, 2.75) is 26.2 Å². The van der Waals surface area contributed by atoms with Crippen LogP contribution in [-0.4, -0.2) is 0 Å². The molecule has 1 atom stereocenters. The van der Waals surface area contributed by atoms with Crippen molar-refractivity contribution >= 4 is 0 Å². The van der Waals surface area contributed by atoms with Crippen LogP contribution in [0.1, 0.15) is 31.9 Å². The monoisotopic (exact) mass is 151 g/mol. The first kappa shape index (κ1) is 8.05. The second kappa shape index (κ2) is 3.37. The van der Waals surface area contributed by atoms with E-state index in [2.05, 4.69) is 13.8 Å². The normalized spacial score (nSPS) is 12.9. The molecule has 0 spiro atoms. The third-order valence-electron chi connectivity index (χ3n) is 1.97. The van der Waals surface area contributed by atoms with E-state index in [1.165, 1.54) is 0 Å². The summed E-state index contributed by atoms with van der Waals surface area (Å²) in [5, 5.41) is 11.1. The Labute approximate surface area is 67.1 Å². The first-order chi connectivity index (χ1) is 5.25. The van der Waals surface area contributed by atoms with Gasteiger partial charge in [-0.3, -0.25) is 0 Å². The van der Waals surface area contributed by atoms with E-state index >= 15 is 0 Å². The third kappa shape index (κ3) is 1.70. The van der Waals surface area contributed by atoms with Gasteiger partial charge in [0.1, 0.15) is 0 Å². The molecule has 1 aromatic rings. The SMILES string of the molecule is CCC(C)c1cccc[n+]1[O-]. The molecule has 1 aromatic heterocycles. The number of hydrogen-bond acceptors (Lipinski definition) is 1. The van der Waals surface area contributed by atoms with E-state index in [1.54, 1.807) is 12.3 Å². The number of hydrogen-bond donors (Lipinski definition) is 0. The molecule has 1 rings (SSSR count). The fraction of sp³-hybridized carbons (Fsp3) is 0.444. The standard InChI is InChI=1S/C9H13NO/c1-3-8(2)9-6-4-5-7-10(9)11/h4-8H,3H2,1-2H3. The fourth-order valence-corrected chi connectivity index (χ4v) is 1.03. The lowest BCUT2D eigenvalue weighted by Gasteiger charge is -2.07. The van der Waals surface area contributed by atoms with Crippen molar-refractivity contribution in [3.63, 3.8) is 0 Å². The Balaban J connectivity index is 2.93. The highest BCUT2D eigenvalue weighted by Gasteiger charge is 2.10. The molecular weight excluding hydrogens is 138 g/mol. The van der Waals surface area contributed by atoms with Crippen LogP contribution < -0.4 is 4.73 Å². The van der Waals surface area contributed by atoms with E-state index in [0.29, 0.717) is 5.92 Å². The molecule has 2 heteroatoms. The molecule has 1 unspecified atom stereocenters. The second-order valence-electron chi connectivity index (χ2n) is 2.76. The highest BCUT2D eigenvalue weighted by atomic mass is 16.5. The van der Waals surface area contributed by atoms with Crippen LogP contribution in [0.3, 0.4) is 0 Å². The van der Waals surface area contributed by atoms with Crippen LogP contribution in [0.5, 0.6) is 0 Å². The largest absolute Gasteiger partial charge is 0.618 e. The molecule has 2 nitrogen and oxygen atoms in total. The first-order valence-corrected chi connectivity index (χ1v) is 3.93. The van der Waals surface area contributed by atoms with Gasteiger partial charge in [0.2, 0.25) is 0 Å². The van der Waals surface area contributed by atoms with Gasteiger partial charge in [-0.1, -0.05) is 19.9 Å². The van der Waals surface area contributed by atoms with E-state index in [0.717, 1.165) is 16.8 Å². The summed E-state index contributed by atoms with van der Waals surface area (Å²) in [4.78, 5) is 0. The topological polar surface area (TPSA) is 26.9 Å². The lowest BCUT2D eigenvalue weighted by Crippen LogP contribution is -2.31. The van der Waals surface area contributed by atoms with Gasteiger partial charge in [-0.25, -0.2) is 0 Å². The van der Waals surface area contributed by atoms with Crippen LogP contribution in [-0.2, 0) is 0 Å². The molecule has 0 aromatic carbocycles. The first-order valence-electron chi connectivity index (χ1n) is 3.93. The highest BCUT2D eigenvalue weighted by molar-refractivity contribution is 5.02. The summed E-state index contributed by atoms with van der Waals surface area (Å²) < 4.78 is 0.939. The third-order valence-corrected chi connectivity index (χ3v) is 1.97. The quantitative estimate of drug-likeness (QED) is 0.468. The van der Waals surface area contributed by atoms with Gasteiger partial charge < -0.3 is 5.21 Å². The van der Waals surface area contributed by atoms with Crippen molar-refractivity contribution in [3.8, 4) is 0 Å². The summed E-state index contributed by atoms with van der Waals surface area (Å²) >= 11 is 0. The molecule has 1 heterocycles. The maximum absolute atomic E-state index is 11.1. The zero-order chi connectivity index (χ0) is 8.27. The zero-order valence-corrected chi connectivity index (χ0v) is 6.95. The van der Waals surface area contributed by atoms with E-state index in [1.807, 2.05) is 12.1 Å². The summed E-state index contributed by atoms with van der Waals surface area (Å²) in [5.41, 5.74) is 0.856. The van der Waals surface area contributed by atoms with Gasteiger partial charge in [0, 0.05) is 18.1 Å². The Morgan fingerprint density at radius 1 is 1.55 bits per heavy atom. The second-order valence-corrected chi connectivity index (χ2v) is 2.76. The predicted molar refractivity (Wildman–Crippen MR) is 44.1 cm³/mol. The average molecular weight is 151 g/mol. The van der Waals surface area contributed by atoms with Crippen LogP contribution in [0.15, 0.2) is 24.4 Å². The summed E-state index contributed by atoms with van der Waals surface area (Å²) in [6.07, 6.45) is 2.55. The molecule has 11 heavy (non-hydrogen) atoms. The predicted octanol–water partition coefficient (Wildman–Crippen LogP) is 1.83. The molecule has 0 aliphatic carbocycles. The Kier molecular flexibility index (Phi) is 2.47. The Morgan fingerprint density at radius 2 is 2.27 bits per heavy atom. The molecule has 0 bridgehead atoms. The van der Waals surface area contributed by atoms with Crippen LogP contribution in [0.25, 0.3) is 0 Å². The number of rotatable bonds is 2. The molecule has 60 valence electrons. The van der Waals surface area contributed by atoms with Crippen LogP contribution in [0, 0.1) is 5.21 Å². The summed E-state index contributed by atoms with van der Waals surface area (Å²) in [5.74, 6) is 0.355. The summed E-state index contributed by atoms with van der Waals surface area (Å²) in [7, 11) is 0. The lowest BCUT2D eigenvalue weighted by molar-refractivity contribution is -0.615.